The zero-order valence-corrected chi connectivity index (χ0v) is 15.1. The topological polar surface area (TPSA) is 67.2 Å². The molecule has 0 aliphatic heterocycles. The van der Waals surface area contributed by atoms with Crippen molar-refractivity contribution in [3.05, 3.63) is 35.9 Å². The highest BCUT2D eigenvalue weighted by Gasteiger charge is 2.28. The van der Waals surface area contributed by atoms with Crippen molar-refractivity contribution in [2.45, 2.75) is 71.0 Å². The molecule has 1 rings (SSSR count). The number of hydrogen-bond donors (Lipinski definition) is 3. The zero-order chi connectivity index (χ0) is 17.3. The zero-order valence-electron chi connectivity index (χ0n) is 15.1. The van der Waals surface area contributed by atoms with Crippen LogP contribution in [0.2, 0.25) is 0 Å². The van der Waals surface area contributed by atoms with Crippen molar-refractivity contribution in [2.24, 2.45) is 5.73 Å². The number of carbonyl (C=O) groups excluding carboxylic acids is 1. The first-order valence-electron chi connectivity index (χ1n) is 8.77. The molecule has 0 aromatic heterocycles. The molecule has 130 valence electrons. The summed E-state index contributed by atoms with van der Waals surface area (Å²) in [6.07, 6.45) is 3.16. The molecule has 0 saturated heterocycles. The molecule has 23 heavy (non-hydrogen) atoms. The molecular formula is C19H33N3O. The summed E-state index contributed by atoms with van der Waals surface area (Å²) in [5, 5.41) is 6.81. The largest absolute Gasteiger partial charge is 0.354 e. The number of nitrogens with one attached hydrogen (secondary N) is 2. The summed E-state index contributed by atoms with van der Waals surface area (Å²) < 4.78 is 0. The summed E-state index contributed by atoms with van der Waals surface area (Å²) >= 11 is 0. The molecule has 0 fully saturated rings. The Labute approximate surface area is 141 Å². The summed E-state index contributed by atoms with van der Waals surface area (Å²) in [5.41, 5.74) is 6.89. The Hall–Kier alpha value is -1.39. The minimum atomic E-state index is -0.0841. The Bertz CT molecular complexity index is 455. The van der Waals surface area contributed by atoms with Gasteiger partial charge in [0.2, 0.25) is 5.91 Å². The summed E-state index contributed by atoms with van der Waals surface area (Å²) in [6.45, 7) is 9.09. The SMILES string of the molecule is CCC(CC)(CNC(=O)CCC(C)N)NC(C)c1ccccc1. The summed E-state index contributed by atoms with van der Waals surface area (Å²) in [5.74, 6) is 0.0859. The molecule has 2 atom stereocenters. The van der Waals surface area contributed by atoms with Crippen molar-refractivity contribution in [1.29, 1.82) is 0 Å². The fourth-order valence-corrected chi connectivity index (χ4v) is 2.75. The average Bonchev–Trinajstić information content (AvgIpc) is 2.57. The van der Waals surface area contributed by atoms with E-state index in [1.165, 1.54) is 5.56 Å². The highest BCUT2D eigenvalue weighted by Crippen LogP contribution is 2.21. The van der Waals surface area contributed by atoms with E-state index in [9.17, 15) is 4.79 Å². The summed E-state index contributed by atoms with van der Waals surface area (Å²) in [4.78, 5) is 12.0. The van der Waals surface area contributed by atoms with E-state index >= 15 is 0 Å². The van der Waals surface area contributed by atoms with Gasteiger partial charge in [-0.25, -0.2) is 0 Å². The molecule has 4 heteroatoms. The van der Waals surface area contributed by atoms with Gasteiger partial charge in [-0.15, -0.1) is 0 Å². The lowest BCUT2D eigenvalue weighted by atomic mass is 9.90. The van der Waals surface area contributed by atoms with E-state index < -0.39 is 0 Å². The smallest absolute Gasteiger partial charge is 0.220 e. The van der Waals surface area contributed by atoms with Gasteiger partial charge in [-0.1, -0.05) is 44.2 Å². The number of rotatable bonds is 10. The van der Waals surface area contributed by atoms with E-state index in [1.54, 1.807) is 0 Å². The van der Waals surface area contributed by atoms with Crippen LogP contribution in [0.4, 0.5) is 0 Å². The van der Waals surface area contributed by atoms with Crippen molar-refractivity contribution in [1.82, 2.24) is 10.6 Å². The molecule has 0 bridgehead atoms. The van der Waals surface area contributed by atoms with Crippen molar-refractivity contribution in [3.63, 3.8) is 0 Å². The summed E-state index contributed by atoms with van der Waals surface area (Å²) in [7, 11) is 0. The fraction of sp³-hybridized carbons (Fsp3) is 0.632. The van der Waals surface area contributed by atoms with Gasteiger partial charge in [0.25, 0.3) is 0 Å². The lowest BCUT2D eigenvalue weighted by Crippen LogP contribution is -2.53. The second-order valence-corrected chi connectivity index (χ2v) is 6.56. The van der Waals surface area contributed by atoms with Crippen LogP contribution in [0, 0.1) is 0 Å². The van der Waals surface area contributed by atoms with Crippen molar-refractivity contribution < 1.29 is 4.79 Å². The third-order valence-electron chi connectivity index (χ3n) is 4.63. The number of benzene rings is 1. The first-order valence-corrected chi connectivity index (χ1v) is 8.77. The van der Waals surface area contributed by atoms with Crippen LogP contribution in [-0.2, 0) is 4.79 Å². The average molecular weight is 319 g/mol. The number of hydrogen-bond acceptors (Lipinski definition) is 3. The van der Waals surface area contributed by atoms with Crippen LogP contribution in [0.3, 0.4) is 0 Å². The molecule has 4 N–H and O–H groups in total. The van der Waals surface area contributed by atoms with Gasteiger partial charge in [-0.2, -0.15) is 0 Å². The van der Waals surface area contributed by atoms with Crippen LogP contribution in [-0.4, -0.2) is 24.0 Å². The van der Waals surface area contributed by atoms with Crippen molar-refractivity contribution in [3.8, 4) is 0 Å². The predicted octanol–water partition coefficient (Wildman–Crippen LogP) is 3.14. The molecule has 1 amide bonds. The molecular weight excluding hydrogens is 286 g/mol. The Morgan fingerprint density at radius 1 is 1.17 bits per heavy atom. The van der Waals surface area contributed by atoms with Gasteiger partial charge >= 0.3 is 0 Å². The Kier molecular flexibility index (Phi) is 8.28. The molecule has 0 spiro atoms. The predicted molar refractivity (Wildman–Crippen MR) is 97.2 cm³/mol. The fourth-order valence-electron chi connectivity index (χ4n) is 2.75. The minimum Gasteiger partial charge on any atom is -0.354 e. The molecule has 1 aromatic carbocycles. The van der Waals surface area contributed by atoms with Gasteiger partial charge in [0.1, 0.15) is 0 Å². The standard InChI is InChI=1S/C19H33N3O/c1-5-19(6-2,14-21-18(23)13-12-15(3)20)22-16(4)17-10-8-7-9-11-17/h7-11,15-16,22H,5-6,12-14,20H2,1-4H3,(H,21,23). The molecule has 0 aliphatic carbocycles. The van der Waals surface area contributed by atoms with Crippen LogP contribution >= 0.6 is 0 Å². The van der Waals surface area contributed by atoms with Gasteiger partial charge in [0.15, 0.2) is 0 Å². The maximum absolute atomic E-state index is 12.0. The molecule has 0 saturated carbocycles. The third-order valence-corrected chi connectivity index (χ3v) is 4.63. The molecule has 4 nitrogen and oxygen atoms in total. The van der Waals surface area contributed by atoms with Crippen LogP contribution in [0.5, 0.6) is 0 Å². The second-order valence-electron chi connectivity index (χ2n) is 6.56. The lowest BCUT2D eigenvalue weighted by Gasteiger charge is -2.36. The van der Waals surface area contributed by atoms with Crippen molar-refractivity contribution >= 4 is 5.91 Å². The molecule has 2 unspecified atom stereocenters. The van der Waals surface area contributed by atoms with Crippen LogP contribution in [0.15, 0.2) is 30.3 Å². The van der Waals surface area contributed by atoms with E-state index in [1.807, 2.05) is 13.0 Å². The van der Waals surface area contributed by atoms with E-state index in [2.05, 4.69) is 55.7 Å². The van der Waals surface area contributed by atoms with E-state index in [-0.39, 0.29) is 23.5 Å². The van der Waals surface area contributed by atoms with Gasteiger partial charge in [-0.3, -0.25) is 4.79 Å². The molecule has 0 heterocycles. The maximum Gasteiger partial charge on any atom is 0.220 e. The number of amides is 1. The number of nitrogens with two attached hydrogens (primary N) is 1. The van der Waals surface area contributed by atoms with Crippen LogP contribution in [0.25, 0.3) is 0 Å². The molecule has 0 aliphatic rings. The first kappa shape index (κ1) is 19.7. The van der Waals surface area contributed by atoms with Gasteiger partial charge in [0, 0.05) is 30.6 Å². The van der Waals surface area contributed by atoms with Gasteiger partial charge < -0.3 is 16.4 Å². The first-order chi connectivity index (χ1) is 10.9. The highest BCUT2D eigenvalue weighted by molar-refractivity contribution is 5.76. The highest BCUT2D eigenvalue weighted by atomic mass is 16.1. The van der Waals surface area contributed by atoms with E-state index in [4.69, 9.17) is 5.73 Å². The van der Waals surface area contributed by atoms with Crippen molar-refractivity contribution in [2.75, 3.05) is 6.54 Å². The monoisotopic (exact) mass is 319 g/mol. The second kappa shape index (κ2) is 9.68. The number of carbonyl (C=O) groups is 1. The Morgan fingerprint density at radius 3 is 2.30 bits per heavy atom. The van der Waals surface area contributed by atoms with Crippen LogP contribution in [0.1, 0.15) is 65.0 Å². The molecule has 1 aromatic rings. The Morgan fingerprint density at radius 2 is 1.78 bits per heavy atom. The minimum absolute atomic E-state index is 0.0686. The van der Waals surface area contributed by atoms with Crippen LogP contribution < -0.4 is 16.4 Å². The quantitative estimate of drug-likeness (QED) is 0.620. The van der Waals surface area contributed by atoms with Gasteiger partial charge in [0.05, 0.1) is 0 Å². The van der Waals surface area contributed by atoms with E-state index in [0.717, 1.165) is 19.3 Å². The molecule has 0 radical (unpaired) electrons. The Balaban J connectivity index is 2.62. The van der Waals surface area contributed by atoms with E-state index in [0.29, 0.717) is 13.0 Å². The van der Waals surface area contributed by atoms with Gasteiger partial charge in [-0.05, 0) is 38.7 Å². The summed E-state index contributed by atoms with van der Waals surface area (Å²) in [6, 6.07) is 10.7. The third kappa shape index (κ3) is 6.71. The lowest BCUT2D eigenvalue weighted by molar-refractivity contribution is -0.121. The normalized spacial score (nSPS) is 14.3. The maximum atomic E-state index is 12.0.